The van der Waals surface area contributed by atoms with Gasteiger partial charge in [0.2, 0.25) is 0 Å². The number of carbonyl (C=O) groups excluding carboxylic acids is 1. The molecule has 0 aliphatic rings. The molecule has 0 spiro atoms. The first kappa shape index (κ1) is 17.3. The van der Waals surface area contributed by atoms with Crippen LogP contribution in [0.4, 0.5) is 13.2 Å². The van der Waals surface area contributed by atoms with Gasteiger partial charge < -0.3 is 8.92 Å². The van der Waals surface area contributed by atoms with Crippen molar-refractivity contribution in [3.8, 4) is 5.75 Å². The Balaban J connectivity index is 3.32. The van der Waals surface area contributed by atoms with E-state index in [9.17, 15) is 26.4 Å². The first-order valence-electron chi connectivity index (χ1n) is 5.79. The van der Waals surface area contributed by atoms with Crippen LogP contribution in [-0.2, 0) is 14.9 Å². The number of alkyl halides is 3. The Kier molecular flexibility index (Phi) is 4.87. The van der Waals surface area contributed by atoms with Crippen LogP contribution in [0.3, 0.4) is 0 Å². The predicted octanol–water partition coefficient (Wildman–Crippen LogP) is 2.71. The molecular weight excluding hydrogens is 313 g/mol. The third kappa shape index (κ3) is 3.66. The van der Waals surface area contributed by atoms with Crippen LogP contribution in [-0.4, -0.2) is 26.5 Å². The summed E-state index contributed by atoms with van der Waals surface area (Å²) < 4.78 is 68.1. The number of esters is 1. The molecule has 5 nitrogen and oxygen atoms in total. The Morgan fingerprint density at radius 3 is 2.29 bits per heavy atom. The zero-order chi connectivity index (χ0) is 16.4. The van der Waals surface area contributed by atoms with E-state index in [0.717, 1.165) is 0 Å². The van der Waals surface area contributed by atoms with Crippen molar-refractivity contribution in [3.05, 3.63) is 28.8 Å². The molecule has 118 valence electrons. The quantitative estimate of drug-likeness (QED) is 0.483. The third-order valence-corrected chi connectivity index (χ3v) is 3.53. The average Bonchev–Trinajstić information content (AvgIpc) is 2.33. The Hall–Kier alpha value is -1.77. The van der Waals surface area contributed by atoms with E-state index in [1.165, 1.54) is 26.0 Å². The van der Waals surface area contributed by atoms with E-state index in [4.69, 9.17) is 4.74 Å². The topological polar surface area (TPSA) is 69.7 Å². The maximum Gasteiger partial charge on any atom is 0.534 e. The van der Waals surface area contributed by atoms with Crippen LogP contribution in [0.15, 0.2) is 12.1 Å². The summed E-state index contributed by atoms with van der Waals surface area (Å²) in [5, 5.41) is 0. The van der Waals surface area contributed by atoms with Gasteiger partial charge in [-0.3, -0.25) is 0 Å². The van der Waals surface area contributed by atoms with Gasteiger partial charge in [0.1, 0.15) is 5.75 Å². The molecule has 1 aromatic rings. The molecule has 0 amide bonds. The van der Waals surface area contributed by atoms with Crippen LogP contribution in [0.1, 0.15) is 28.4 Å². The lowest BCUT2D eigenvalue weighted by Crippen LogP contribution is -2.28. The number of hydrogen-bond acceptors (Lipinski definition) is 5. The van der Waals surface area contributed by atoms with Crippen molar-refractivity contribution in [1.82, 2.24) is 0 Å². The number of hydrogen-bond donors (Lipinski definition) is 0. The first-order chi connectivity index (χ1) is 9.51. The standard InChI is InChI=1S/C12H13F3O5S/c1-4-19-11(16)9-6-5-7(2)10(8(9)3)20-21(17,18)12(13,14)15/h5-6H,4H2,1-3H3. The lowest BCUT2D eigenvalue weighted by molar-refractivity contribution is -0.0500. The van der Waals surface area contributed by atoms with Crippen LogP contribution >= 0.6 is 0 Å². The molecule has 0 aromatic heterocycles. The maximum absolute atomic E-state index is 12.4. The largest absolute Gasteiger partial charge is 0.534 e. The van der Waals surface area contributed by atoms with Gasteiger partial charge in [0, 0.05) is 5.56 Å². The lowest BCUT2D eigenvalue weighted by atomic mass is 10.0. The van der Waals surface area contributed by atoms with Crippen LogP contribution in [0, 0.1) is 13.8 Å². The Morgan fingerprint density at radius 2 is 1.81 bits per heavy atom. The zero-order valence-corrected chi connectivity index (χ0v) is 12.3. The van der Waals surface area contributed by atoms with E-state index in [0.29, 0.717) is 0 Å². The van der Waals surface area contributed by atoms with Gasteiger partial charge in [0.05, 0.1) is 12.2 Å². The van der Waals surface area contributed by atoms with Crippen molar-refractivity contribution in [3.63, 3.8) is 0 Å². The second-order valence-electron chi connectivity index (χ2n) is 4.09. The van der Waals surface area contributed by atoms with Gasteiger partial charge >= 0.3 is 21.6 Å². The summed E-state index contributed by atoms with van der Waals surface area (Å²) in [6.07, 6.45) is 0. The molecule has 1 rings (SSSR count). The van der Waals surface area contributed by atoms with Crippen LogP contribution in [0.2, 0.25) is 0 Å². The molecule has 21 heavy (non-hydrogen) atoms. The molecule has 0 fully saturated rings. The van der Waals surface area contributed by atoms with Gasteiger partial charge in [0.15, 0.2) is 0 Å². The SMILES string of the molecule is CCOC(=O)c1ccc(C)c(OS(=O)(=O)C(F)(F)F)c1C. The molecule has 0 heterocycles. The predicted molar refractivity (Wildman–Crippen MR) is 67.5 cm³/mol. The fourth-order valence-corrected chi connectivity index (χ4v) is 2.11. The minimum atomic E-state index is -5.80. The van der Waals surface area contributed by atoms with E-state index in [1.807, 2.05) is 0 Å². The summed E-state index contributed by atoms with van der Waals surface area (Å²) in [5.41, 5.74) is -5.50. The summed E-state index contributed by atoms with van der Waals surface area (Å²) in [6.45, 7) is 4.28. The average molecular weight is 326 g/mol. The number of ether oxygens (including phenoxy) is 1. The van der Waals surface area contributed by atoms with Gasteiger partial charge in [-0.15, -0.1) is 0 Å². The highest BCUT2D eigenvalue weighted by Gasteiger charge is 2.49. The molecule has 9 heteroatoms. The lowest BCUT2D eigenvalue weighted by Gasteiger charge is -2.15. The van der Waals surface area contributed by atoms with E-state index in [1.54, 1.807) is 6.92 Å². The summed E-state index contributed by atoms with van der Waals surface area (Å²) >= 11 is 0. The number of halogens is 3. The Bertz CT molecular complexity index is 650. The number of carbonyl (C=O) groups is 1. The minimum absolute atomic E-state index is 0.0405. The van der Waals surface area contributed by atoms with Gasteiger partial charge in [-0.1, -0.05) is 6.07 Å². The molecule has 0 radical (unpaired) electrons. The van der Waals surface area contributed by atoms with Crippen molar-refractivity contribution in [2.45, 2.75) is 26.3 Å². The second kappa shape index (κ2) is 5.92. The molecule has 1 aromatic carbocycles. The van der Waals surface area contributed by atoms with E-state index < -0.39 is 27.3 Å². The molecule has 0 aliphatic heterocycles. The maximum atomic E-state index is 12.4. The number of rotatable bonds is 4. The summed E-state index contributed by atoms with van der Waals surface area (Å²) in [4.78, 5) is 11.6. The fraction of sp³-hybridized carbons (Fsp3) is 0.417. The molecule has 0 saturated carbocycles. The van der Waals surface area contributed by atoms with Crippen molar-refractivity contribution >= 4 is 16.1 Å². The van der Waals surface area contributed by atoms with Gasteiger partial charge in [-0.05, 0) is 32.4 Å². The van der Waals surface area contributed by atoms with Gasteiger partial charge in [-0.2, -0.15) is 21.6 Å². The summed E-state index contributed by atoms with van der Waals surface area (Å²) in [7, 11) is -5.80. The van der Waals surface area contributed by atoms with E-state index in [-0.39, 0.29) is 23.3 Å². The highest BCUT2D eigenvalue weighted by atomic mass is 32.2. The molecule has 0 N–H and O–H groups in total. The highest BCUT2D eigenvalue weighted by molar-refractivity contribution is 7.88. The minimum Gasteiger partial charge on any atom is -0.462 e. The van der Waals surface area contributed by atoms with Crippen LogP contribution in [0.5, 0.6) is 5.75 Å². The van der Waals surface area contributed by atoms with Gasteiger partial charge in [-0.25, -0.2) is 4.79 Å². The molecule has 0 atom stereocenters. The molecule has 0 saturated heterocycles. The smallest absolute Gasteiger partial charge is 0.462 e. The normalized spacial score (nSPS) is 12.1. The summed E-state index contributed by atoms with van der Waals surface area (Å²) in [5.74, 6) is -1.30. The fourth-order valence-electron chi connectivity index (χ4n) is 1.54. The van der Waals surface area contributed by atoms with Crippen molar-refractivity contribution in [2.75, 3.05) is 6.61 Å². The molecule has 0 aliphatic carbocycles. The summed E-state index contributed by atoms with van der Waals surface area (Å²) in [6, 6.07) is 2.61. The van der Waals surface area contributed by atoms with Crippen molar-refractivity contribution in [2.24, 2.45) is 0 Å². The number of benzene rings is 1. The second-order valence-corrected chi connectivity index (χ2v) is 5.63. The molecular formula is C12H13F3O5S. The third-order valence-electron chi connectivity index (χ3n) is 2.57. The zero-order valence-electron chi connectivity index (χ0n) is 11.4. The highest BCUT2D eigenvalue weighted by Crippen LogP contribution is 2.32. The first-order valence-corrected chi connectivity index (χ1v) is 7.20. The monoisotopic (exact) mass is 326 g/mol. The van der Waals surface area contributed by atoms with Gasteiger partial charge in [0.25, 0.3) is 0 Å². The van der Waals surface area contributed by atoms with Crippen LogP contribution in [0.25, 0.3) is 0 Å². The number of aryl methyl sites for hydroxylation is 1. The van der Waals surface area contributed by atoms with E-state index in [2.05, 4.69) is 4.18 Å². The molecule has 0 unspecified atom stereocenters. The van der Waals surface area contributed by atoms with Crippen molar-refractivity contribution < 1.29 is 35.3 Å². The van der Waals surface area contributed by atoms with Crippen LogP contribution < -0.4 is 4.18 Å². The Labute approximate surface area is 119 Å². The molecule has 0 bridgehead atoms. The van der Waals surface area contributed by atoms with Crippen molar-refractivity contribution in [1.29, 1.82) is 0 Å². The Morgan fingerprint density at radius 1 is 1.24 bits per heavy atom. The van der Waals surface area contributed by atoms with E-state index >= 15 is 0 Å².